The van der Waals surface area contributed by atoms with Gasteiger partial charge >= 0.3 is 0 Å². The van der Waals surface area contributed by atoms with Crippen LogP contribution in [0.25, 0.3) is 0 Å². The third kappa shape index (κ3) is 2.93. The molecule has 0 aromatic carbocycles. The van der Waals surface area contributed by atoms with Crippen molar-refractivity contribution in [1.82, 2.24) is 5.32 Å². The van der Waals surface area contributed by atoms with E-state index in [2.05, 4.69) is 17.5 Å². The third-order valence-electron chi connectivity index (χ3n) is 5.19. The normalized spacial score (nSPS) is 38.2. The molecule has 0 saturated heterocycles. The summed E-state index contributed by atoms with van der Waals surface area (Å²) in [5, 5.41) is 3.88. The van der Waals surface area contributed by atoms with E-state index in [1.807, 2.05) is 0 Å². The minimum absolute atomic E-state index is 0.832. The van der Waals surface area contributed by atoms with Gasteiger partial charge in [-0.05, 0) is 50.0 Å². The Morgan fingerprint density at radius 3 is 2.29 bits per heavy atom. The van der Waals surface area contributed by atoms with Crippen LogP contribution in [0.3, 0.4) is 0 Å². The lowest BCUT2D eigenvalue weighted by molar-refractivity contribution is 0.339. The highest BCUT2D eigenvalue weighted by molar-refractivity contribution is 5.10. The Morgan fingerprint density at radius 1 is 0.882 bits per heavy atom. The molecule has 1 N–H and O–H groups in total. The molecule has 3 aliphatic carbocycles. The number of rotatable bonds is 3. The molecular formula is C16H27N. The van der Waals surface area contributed by atoms with E-state index >= 15 is 0 Å². The zero-order valence-corrected chi connectivity index (χ0v) is 11.0. The molecule has 1 heteroatoms. The molecule has 96 valence electrons. The molecule has 17 heavy (non-hydrogen) atoms. The molecule has 0 aromatic rings. The van der Waals surface area contributed by atoms with Crippen molar-refractivity contribution in [3.05, 3.63) is 12.2 Å². The maximum atomic E-state index is 3.88. The van der Waals surface area contributed by atoms with Crippen LogP contribution in [0, 0.1) is 17.8 Å². The van der Waals surface area contributed by atoms with Crippen molar-refractivity contribution >= 4 is 0 Å². The Labute approximate surface area is 106 Å². The first-order valence-electron chi connectivity index (χ1n) is 7.83. The second-order valence-electron chi connectivity index (χ2n) is 6.49. The Morgan fingerprint density at radius 2 is 1.65 bits per heavy atom. The van der Waals surface area contributed by atoms with E-state index < -0.39 is 0 Å². The Hall–Kier alpha value is -0.300. The van der Waals surface area contributed by atoms with Gasteiger partial charge in [0.05, 0.1) is 0 Å². The quantitative estimate of drug-likeness (QED) is 0.729. The van der Waals surface area contributed by atoms with Gasteiger partial charge in [0.2, 0.25) is 0 Å². The molecule has 1 nitrogen and oxygen atoms in total. The lowest BCUT2D eigenvalue weighted by atomic mass is 9.92. The van der Waals surface area contributed by atoms with Crippen LogP contribution in [0.1, 0.15) is 57.8 Å². The third-order valence-corrected chi connectivity index (χ3v) is 5.19. The number of nitrogens with one attached hydrogen (secondary N) is 1. The molecule has 0 radical (unpaired) electrons. The lowest BCUT2D eigenvalue weighted by Gasteiger charge is -2.25. The maximum Gasteiger partial charge on any atom is 0.00671 e. The summed E-state index contributed by atoms with van der Waals surface area (Å²) in [6.07, 6.45) is 18.0. The van der Waals surface area contributed by atoms with Gasteiger partial charge in [-0.2, -0.15) is 0 Å². The van der Waals surface area contributed by atoms with Crippen molar-refractivity contribution in [1.29, 1.82) is 0 Å². The van der Waals surface area contributed by atoms with E-state index in [0.29, 0.717) is 0 Å². The van der Waals surface area contributed by atoms with E-state index in [0.717, 1.165) is 23.8 Å². The smallest absolute Gasteiger partial charge is 0.00671 e. The molecule has 0 spiro atoms. The molecule has 3 unspecified atom stereocenters. The molecule has 3 aliphatic rings. The summed E-state index contributed by atoms with van der Waals surface area (Å²) in [6.45, 7) is 1.29. The number of hydrogen-bond donors (Lipinski definition) is 1. The molecule has 2 bridgehead atoms. The summed E-state index contributed by atoms with van der Waals surface area (Å²) in [5.74, 6) is 2.81. The molecule has 2 saturated carbocycles. The SMILES string of the molecule is C1=CC2CC1CC2CNC1CCCCCCC1. The fourth-order valence-electron chi connectivity index (χ4n) is 4.11. The van der Waals surface area contributed by atoms with Crippen molar-refractivity contribution in [2.24, 2.45) is 17.8 Å². The number of allylic oxidation sites excluding steroid dienone is 2. The van der Waals surface area contributed by atoms with Gasteiger partial charge in [0.25, 0.3) is 0 Å². The largest absolute Gasteiger partial charge is 0.314 e. The zero-order valence-electron chi connectivity index (χ0n) is 11.0. The van der Waals surface area contributed by atoms with Crippen LogP contribution in [-0.2, 0) is 0 Å². The minimum Gasteiger partial charge on any atom is -0.314 e. The summed E-state index contributed by atoms with van der Waals surface area (Å²) in [7, 11) is 0. The van der Waals surface area contributed by atoms with E-state index in [-0.39, 0.29) is 0 Å². The van der Waals surface area contributed by atoms with E-state index in [4.69, 9.17) is 0 Å². The fourth-order valence-corrected chi connectivity index (χ4v) is 4.11. The van der Waals surface area contributed by atoms with Crippen molar-refractivity contribution in [2.45, 2.75) is 63.8 Å². The summed E-state index contributed by atoms with van der Waals surface area (Å²) in [5.41, 5.74) is 0. The highest BCUT2D eigenvalue weighted by Crippen LogP contribution is 2.43. The van der Waals surface area contributed by atoms with Gasteiger partial charge in [0.15, 0.2) is 0 Å². The second kappa shape index (κ2) is 5.56. The second-order valence-corrected chi connectivity index (χ2v) is 6.49. The first-order chi connectivity index (χ1) is 8.42. The minimum atomic E-state index is 0.832. The van der Waals surface area contributed by atoms with Crippen LogP contribution < -0.4 is 5.32 Å². The molecular weight excluding hydrogens is 206 g/mol. The number of fused-ring (bicyclic) bond motifs is 2. The molecule has 0 aromatic heterocycles. The maximum absolute atomic E-state index is 3.88. The fraction of sp³-hybridized carbons (Fsp3) is 0.875. The van der Waals surface area contributed by atoms with E-state index in [9.17, 15) is 0 Å². The predicted molar refractivity (Wildman–Crippen MR) is 73.0 cm³/mol. The lowest BCUT2D eigenvalue weighted by Crippen LogP contribution is -2.35. The van der Waals surface area contributed by atoms with Crippen LogP contribution in [0.2, 0.25) is 0 Å². The molecule has 0 amide bonds. The Bertz CT molecular complexity index is 263. The van der Waals surface area contributed by atoms with Crippen LogP contribution >= 0.6 is 0 Å². The van der Waals surface area contributed by atoms with Crippen LogP contribution in [-0.4, -0.2) is 12.6 Å². The molecule has 0 heterocycles. The topological polar surface area (TPSA) is 12.0 Å². The van der Waals surface area contributed by atoms with Crippen molar-refractivity contribution in [2.75, 3.05) is 6.54 Å². The summed E-state index contributed by atoms with van der Waals surface area (Å²) < 4.78 is 0. The van der Waals surface area contributed by atoms with Gasteiger partial charge < -0.3 is 5.32 Å². The molecule has 2 fully saturated rings. The van der Waals surface area contributed by atoms with Crippen molar-refractivity contribution < 1.29 is 0 Å². The van der Waals surface area contributed by atoms with Crippen molar-refractivity contribution in [3.63, 3.8) is 0 Å². The van der Waals surface area contributed by atoms with Gasteiger partial charge in [-0.1, -0.05) is 44.3 Å². The Kier molecular flexibility index (Phi) is 3.85. The van der Waals surface area contributed by atoms with E-state index in [1.54, 1.807) is 0 Å². The van der Waals surface area contributed by atoms with Crippen LogP contribution in [0.5, 0.6) is 0 Å². The highest BCUT2D eigenvalue weighted by atomic mass is 14.9. The molecule has 3 rings (SSSR count). The zero-order chi connectivity index (χ0) is 11.5. The molecule has 3 atom stereocenters. The van der Waals surface area contributed by atoms with Gasteiger partial charge in [-0.3, -0.25) is 0 Å². The monoisotopic (exact) mass is 233 g/mol. The van der Waals surface area contributed by atoms with Crippen molar-refractivity contribution in [3.8, 4) is 0 Å². The highest BCUT2D eigenvalue weighted by Gasteiger charge is 2.35. The summed E-state index contributed by atoms with van der Waals surface area (Å²) in [6, 6.07) is 0.832. The van der Waals surface area contributed by atoms with Gasteiger partial charge in [0, 0.05) is 6.04 Å². The number of hydrogen-bond acceptors (Lipinski definition) is 1. The summed E-state index contributed by atoms with van der Waals surface area (Å²) in [4.78, 5) is 0. The standard InChI is InChI=1S/C16H27N/c1-2-4-6-16(7-5-3-1)17-12-15-11-13-8-9-14(15)10-13/h8-9,13-17H,1-7,10-12H2. The van der Waals surface area contributed by atoms with Gasteiger partial charge in [0.1, 0.15) is 0 Å². The predicted octanol–water partition coefficient (Wildman–Crippen LogP) is 3.90. The van der Waals surface area contributed by atoms with Crippen LogP contribution in [0.4, 0.5) is 0 Å². The average molecular weight is 233 g/mol. The van der Waals surface area contributed by atoms with Gasteiger partial charge in [-0.25, -0.2) is 0 Å². The van der Waals surface area contributed by atoms with Gasteiger partial charge in [-0.15, -0.1) is 0 Å². The molecule has 0 aliphatic heterocycles. The summed E-state index contributed by atoms with van der Waals surface area (Å²) >= 11 is 0. The first kappa shape index (κ1) is 11.8. The average Bonchev–Trinajstić information content (AvgIpc) is 2.89. The first-order valence-corrected chi connectivity index (χ1v) is 7.83. The Balaban J connectivity index is 1.42. The van der Waals surface area contributed by atoms with Crippen LogP contribution in [0.15, 0.2) is 12.2 Å². The van der Waals surface area contributed by atoms with E-state index in [1.165, 1.54) is 64.3 Å².